The van der Waals surface area contributed by atoms with Crippen molar-refractivity contribution in [3.8, 4) is 33.4 Å². The highest BCUT2D eigenvalue weighted by atomic mass is 32.1. The normalized spacial score (nSPS) is 13.1. The van der Waals surface area contributed by atoms with E-state index in [9.17, 15) is 0 Å². The topological polar surface area (TPSA) is 16.4 Å². The van der Waals surface area contributed by atoms with Crippen molar-refractivity contribution in [3.63, 3.8) is 0 Å². The first-order valence-corrected chi connectivity index (χ1v) is 19.4. The summed E-state index contributed by atoms with van der Waals surface area (Å²) in [6.07, 6.45) is 0. The van der Waals surface area contributed by atoms with Gasteiger partial charge in [0.25, 0.3) is 0 Å². The number of anilines is 3. The molecule has 0 spiro atoms. The number of thiophene rings is 1. The van der Waals surface area contributed by atoms with Gasteiger partial charge in [0.15, 0.2) is 0 Å². The summed E-state index contributed by atoms with van der Waals surface area (Å²) in [7, 11) is 0. The third-order valence-electron chi connectivity index (χ3n) is 11.5. The molecular weight excluding hydrogens is 675 g/mol. The fraction of sp³-hybridized carbons (Fsp3) is 0.0588. The molecule has 256 valence electrons. The first-order chi connectivity index (χ1) is 26.5. The lowest BCUT2D eigenvalue weighted by Crippen LogP contribution is -2.17. The van der Waals surface area contributed by atoms with E-state index >= 15 is 0 Å². The van der Waals surface area contributed by atoms with Gasteiger partial charge >= 0.3 is 0 Å². The number of fused-ring (bicyclic) bond motifs is 9. The molecule has 0 amide bonds. The Morgan fingerprint density at radius 1 is 0.463 bits per heavy atom. The van der Waals surface area contributed by atoms with Crippen molar-refractivity contribution in [2.45, 2.75) is 19.3 Å². The van der Waals surface area contributed by atoms with Crippen LogP contribution in [0.3, 0.4) is 0 Å². The van der Waals surface area contributed by atoms with Gasteiger partial charge in [0.05, 0.1) is 5.69 Å². The molecule has 0 saturated heterocycles. The molecular formula is C51H35NOS. The van der Waals surface area contributed by atoms with Crippen LogP contribution in [0.4, 0.5) is 17.1 Å². The second-order valence-corrected chi connectivity index (χ2v) is 16.0. The fourth-order valence-electron chi connectivity index (χ4n) is 8.86. The number of para-hydroxylation sites is 1. The molecule has 2 aromatic heterocycles. The largest absolute Gasteiger partial charge is 0.456 e. The predicted molar refractivity (Wildman–Crippen MR) is 230 cm³/mol. The maximum absolute atomic E-state index is 6.55. The maximum atomic E-state index is 6.55. The number of rotatable bonds is 5. The third-order valence-corrected chi connectivity index (χ3v) is 12.6. The fourth-order valence-corrected chi connectivity index (χ4v) is 10.00. The van der Waals surface area contributed by atoms with Crippen molar-refractivity contribution in [2.75, 3.05) is 4.90 Å². The zero-order chi connectivity index (χ0) is 36.0. The number of hydrogen-bond donors (Lipinski definition) is 0. The molecule has 10 aromatic rings. The van der Waals surface area contributed by atoms with Gasteiger partial charge in [-0.3, -0.25) is 0 Å². The van der Waals surface area contributed by atoms with Crippen molar-refractivity contribution in [1.29, 1.82) is 0 Å². The Morgan fingerprint density at radius 3 is 1.98 bits per heavy atom. The summed E-state index contributed by atoms with van der Waals surface area (Å²) < 4.78 is 9.13. The van der Waals surface area contributed by atoms with Crippen LogP contribution in [0.25, 0.3) is 75.5 Å². The van der Waals surface area contributed by atoms with Crippen LogP contribution in [-0.2, 0) is 5.41 Å². The van der Waals surface area contributed by atoms with Gasteiger partial charge in [-0.2, -0.15) is 0 Å². The Balaban J connectivity index is 1.20. The summed E-state index contributed by atoms with van der Waals surface area (Å²) >= 11 is 1.86. The van der Waals surface area contributed by atoms with E-state index in [0.717, 1.165) is 50.1 Å². The summed E-state index contributed by atoms with van der Waals surface area (Å²) in [6, 6.07) is 64.2. The number of nitrogens with zero attached hydrogens (tertiary/aromatic N) is 1. The lowest BCUT2D eigenvalue weighted by Gasteiger charge is -2.30. The van der Waals surface area contributed by atoms with Crippen LogP contribution in [0.15, 0.2) is 180 Å². The quantitative estimate of drug-likeness (QED) is 0.177. The molecule has 54 heavy (non-hydrogen) atoms. The van der Waals surface area contributed by atoms with Gasteiger partial charge in [0, 0.05) is 53.3 Å². The molecule has 2 heterocycles. The summed E-state index contributed by atoms with van der Waals surface area (Å²) in [5.41, 5.74) is 15.0. The van der Waals surface area contributed by atoms with Gasteiger partial charge in [-0.1, -0.05) is 141 Å². The Hall–Kier alpha value is -6.42. The average Bonchev–Trinajstić information content (AvgIpc) is 3.86. The molecule has 3 heteroatoms. The lowest BCUT2D eigenvalue weighted by molar-refractivity contribution is 0.660. The van der Waals surface area contributed by atoms with Crippen LogP contribution < -0.4 is 4.90 Å². The van der Waals surface area contributed by atoms with Gasteiger partial charge in [0.2, 0.25) is 0 Å². The van der Waals surface area contributed by atoms with E-state index in [1.165, 1.54) is 53.6 Å². The Bertz CT molecular complexity index is 3080. The second kappa shape index (κ2) is 11.8. The number of benzene rings is 8. The average molecular weight is 710 g/mol. The molecule has 0 fully saturated rings. The van der Waals surface area contributed by atoms with Crippen molar-refractivity contribution >= 4 is 70.5 Å². The maximum Gasteiger partial charge on any atom is 0.136 e. The summed E-state index contributed by atoms with van der Waals surface area (Å²) in [5, 5.41) is 4.83. The van der Waals surface area contributed by atoms with Crippen LogP contribution in [-0.4, -0.2) is 0 Å². The Labute approximate surface area is 318 Å². The van der Waals surface area contributed by atoms with Gasteiger partial charge in [-0.15, -0.1) is 11.3 Å². The summed E-state index contributed by atoms with van der Waals surface area (Å²) in [5.74, 6) is 0. The standard InChI is InChI=1S/C51H35NOS/c1-51(2)42-17-9-6-14-37(42)38-26-24-35(30-43(38)51)52(36-25-27-40-39-15-8-11-19-47(39)54-48(40)31-36)44-28-29-46-50(41-16-7-10-18-45(41)53-46)49(44)34-22-20-33(21-23-34)32-12-4-3-5-13-32/h3-31H,1-2H3. The predicted octanol–water partition coefficient (Wildman–Crippen LogP) is 15.1. The minimum atomic E-state index is -0.135. The Morgan fingerprint density at radius 2 is 1.11 bits per heavy atom. The number of hydrogen-bond acceptors (Lipinski definition) is 3. The van der Waals surface area contributed by atoms with Crippen molar-refractivity contribution in [1.82, 2.24) is 0 Å². The van der Waals surface area contributed by atoms with Gasteiger partial charge in [0.1, 0.15) is 11.2 Å². The smallest absolute Gasteiger partial charge is 0.136 e. The van der Waals surface area contributed by atoms with Crippen molar-refractivity contribution < 1.29 is 4.42 Å². The van der Waals surface area contributed by atoms with E-state index in [-0.39, 0.29) is 5.41 Å². The zero-order valence-corrected chi connectivity index (χ0v) is 30.8. The number of furan rings is 1. The highest BCUT2D eigenvalue weighted by Gasteiger charge is 2.36. The molecule has 0 radical (unpaired) electrons. The minimum absolute atomic E-state index is 0.135. The van der Waals surface area contributed by atoms with Gasteiger partial charge in [-0.05, 0) is 87.5 Å². The van der Waals surface area contributed by atoms with Crippen LogP contribution in [0.2, 0.25) is 0 Å². The van der Waals surface area contributed by atoms with Crippen LogP contribution in [0, 0.1) is 0 Å². The molecule has 1 aliphatic carbocycles. The first kappa shape index (κ1) is 31.1. The van der Waals surface area contributed by atoms with Crippen molar-refractivity contribution in [2.24, 2.45) is 0 Å². The van der Waals surface area contributed by atoms with Gasteiger partial charge in [-0.25, -0.2) is 0 Å². The monoisotopic (exact) mass is 709 g/mol. The first-order valence-electron chi connectivity index (χ1n) is 18.6. The van der Waals surface area contributed by atoms with E-state index in [1.54, 1.807) is 0 Å². The molecule has 1 aliphatic rings. The highest BCUT2D eigenvalue weighted by molar-refractivity contribution is 7.25. The van der Waals surface area contributed by atoms with E-state index in [0.29, 0.717) is 0 Å². The summed E-state index contributed by atoms with van der Waals surface area (Å²) in [6.45, 7) is 4.72. The van der Waals surface area contributed by atoms with E-state index < -0.39 is 0 Å². The molecule has 8 aromatic carbocycles. The molecule has 0 unspecified atom stereocenters. The molecule has 0 aliphatic heterocycles. The molecule has 2 nitrogen and oxygen atoms in total. The van der Waals surface area contributed by atoms with E-state index in [1.807, 2.05) is 11.3 Å². The molecule has 0 atom stereocenters. The zero-order valence-electron chi connectivity index (χ0n) is 30.0. The molecule has 0 saturated carbocycles. The summed E-state index contributed by atoms with van der Waals surface area (Å²) in [4.78, 5) is 2.48. The molecule has 0 bridgehead atoms. The minimum Gasteiger partial charge on any atom is -0.456 e. The highest BCUT2D eigenvalue weighted by Crippen LogP contribution is 2.53. The third kappa shape index (κ3) is 4.65. The SMILES string of the molecule is CC1(C)c2ccccc2-c2ccc(N(c3ccc4c(c3)sc3ccccc34)c3ccc4oc5ccccc5c4c3-c3ccc(-c4ccccc4)cc3)cc21. The van der Waals surface area contributed by atoms with Crippen LogP contribution >= 0.6 is 11.3 Å². The second-order valence-electron chi connectivity index (χ2n) is 14.9. The molecule has 0 N–H and O–H groups in total. The lowest BCUT2D eigenvalue weighted by atomic mass is 9.82. The van der Waals surface area contributed by atoms with Crippen molar-refractivity contribution in [3.05, 3.63) is 187 Å². The Kier molecular flexibility index (Phi) is 6.80. The van der Waals surface area contributed by atoms with E-state index in [2.05, 4.69) is 195 Å². The molecule has 11 rings (SSSR count). The van der Waals surface area contributed by atoms with Crippen LogP contribution in [0.1, 0.15) is 25.0 Å². The van der Waals surface area contributed by atoms with Crippen LogP contribution in [0.5, 0.6) is 0 Å². The van der Waals surface area contributed by atoms with E-state index in [4.69, 9.17) is 4.42 Å². The van der Waals surface area contributed by atoms with Gasteiger partial charge < -0.3 is 9.32 Å².